The van der Waals surface area contributed by atoms with Crippen LogP contribution in [0.1, 0.15) is 5.56 Å². The third-order valence-corrected chi connectivity index (χ3v) is 2.41. The number of nitrogen functional groups attached to an aromatic ring is 1. The SMILES string of the molecule is COc1cc(C)ccc1Oc1cccc(NN)n1. The second-order valence-electron chi connectivity index (χ2n) is 3.76. The van der Waals surface area contributed by atoms with E-state index in [4.69, 9.17) is 15.3 Å². The minimum absolute atomic E-state index is 0.451. The Kier molecular flexibility index (Phi) is 3.64. The topological polar surface area (TPSA) is 69.4 Å². The molecule has 0 aliphatic heterocycles. The number of nitrogens with one attached hydrogen (secondary N) is 1. The van der Waals surface area contributed by atoms with Crippen molar-refractivity contribution in [1.82, 2.24) is 4.98 Å². The zero-order valence-electron chi connectivity index (χ0n) is 10.3. The predicted octanol–water partition coefficient (Wildman–Crippen LogP) is 2.48. The van der Waals surface area contributed by atoms with Gasteiger partial charge in [0.15, 0.2) is 11.5 Å². The maximum Gasteiger partial charge on any atom is 0.221 e. The minimum Gasteiger partial charge on any atom is -0.493 e. The lowest BCUT2D eigenvalue weighted by Gasteiger charge is -2.10. The Bertz CT molecular complexity index is 544. The van der Waals surface area contributed by atoms with Crippen molar-refractivity contribution < 1.29 is 9.47 Å². The molecule has 5 nitrogen and oxygen atoms in total. The monoisotopic (exact) mass is 245 g/mol. The van der Waals surface area contributed by atoms with Gasteiger partial charge in [-0.3, -0.25) is 0 Å². The van der Waals surface area contributed by atoms with Crippen molar-refractivity contribution in [2.24, 2.45) is 5.84 Å². The number of nitrogens with two attached hydrogens (primary N) is 1. The molecule has 1 aromatic carbocycles. The lowest BCUT2D eigenvalue weighted by Crippen LogP contribution is -2.08. The van der Waals surface area contributed by atoms with E-state index in [1.54, 1.807) is 25.3 Å². The number of methoxy groups -OCH3 is 1. The first kappa shape index (κ1) is 12.2. The number of pyridine rings is 1. The third kappa shape index (κ3) is 2.70. The number of anilines is 1. The first-order valence-corrected chi connectivity index (χ1v) is 5.49. The van der Waals surface area contributed by atoms with Gasteiger partial charge in [0.05, 0.1) is 7.11 Å². The van der Waals surface area contributed by atoms with Crippen molar-refractivity contribution in [3.63, 3.8) is 0 Å². The van der Waals surface area contributed by atoms with Gasteiger partial charge in [0.1, 0.15) is 5.82 Å². The van der Waals surface area contributed by atoms with Gasteiger partial charge in [-0.15, -0.1) is 0 Å². The smallest absolute Gasteiger partial charge is 0.221 e. The first-order chi connectivity index (χ1) is 8.72. The number of ether oxygens (including phenoxy) is 2. The molecule has 5 heteroatoms. The standard InChI is InChI=1S/C13H15N3O2/c1-9-6-7-10(11(8-9)17-2)18-13-5-3-4-12(15-13)16-14/h3-8H,14H2,1-2H3,(H,15,16). The van der Waals surface area contributed by atoms with Crippen LogP contribution in [0.2, 0.25) is 0 Å². The van der Waals surface area contributed by atoms with Crippen molar-refractivity contribution in [2.75, 3.05) is 12.5 Å². The number of rotatable bonds is 4. The Morgan fingerprint density at radius 1 is 1.17 bits per heavy atom. The van der Waals surface area contributed by atoms with Gasteiger partial charge < -0.3 is 14.9 Å². The summed E-state index contributed by atoms with van der Waals surface area (Å²) in [5, 5.41) is 0. The fourth-order valence-corrected chi connectivity index (χ4v) is 1.52. The molecule has 1 aromatic heterocycles. The molecule has 0 bridgehead atoms. The number of aryl methyl sites for hydroxylation is 1. The largest absolute Gasteiger partial charge is 0.493 e. The maximum absolute atomic E-state index is 5.67. The molecule has 0 amide bonds. The second kappa shape index (κ2) is 5.37. The van der Waals surface area contributed by atoms with Crippen LogP contribution in [-0.2, 0) is 0 Å². The van der Waals surface area contributed by atoms with Gasteiger partial charge in [0.2, 0.25) is 5.88 Å². The average molecular weight is 245 g/mol. The van der Waals surface area contributed by atoms with Crippen molar-refractivity contribution in [2.45, 2.75) is 6.92 Å². The van der Waals surface area contributed by atoms with E-state index in [2.05, 4.69) is 10.4 Å². The summed E-state index contributed by atoms with van der Waals surface area (Å²) in [7, 11) is 1.60. The summed E-state index contributed by atoms with van der Waals surface area (Å²) in [6, 6.07) is 11.0. The molecule has 18 heavy (non-hydrogen) atoms. The first-order valence-electron chi connectivity index (χ1n) is 5.49. The number of nitrogens with zero attached hydrogens (tertiary/aromatic N) is 1. The van der Waals surface area contributed by atoms with E-state index < -0.39 is 0 Å². The molecule has 1 heterocycles. The van der Waals surface area contributed by atoms with Crippen LogP contribution in [0.3, 0.4) is 0 Å². The number of hydrogen-bond donors (Lipinski definition) is 2. The summed E-state index contributed by atoms with van der Waals surface area (Å²) in [5.41, 5.74) is 3.57. The molecular weight excluding hydrogens is 230 g/mol. The van der Waals surface area contributed by atoms with E-state index in [1.807, 2.05) is 25.1 Å². The van der Waals surface area contributed by atoms with E-state index in [9.17, 15) is 0 Å². The Hall–Kier alpha value is -2.27. The molecule has 0 saturated heterocycles. The number of hydrogen-bond acceptors (Lipinski definition) is 5. The number of hydrazine groups is 1. The van der Waals surface area contributed by atoms with Crippen molar-refractivity contribution in [3.05, 3.63) is 42.0 Å². The van der Waals surface area contributed by atoms with Crippen LogP contribution in [0.5, 0.6) is 17.4 Å². The fraction of sp³-hybridized carbons (Fsp3) is 0.154. The van der Waals surface area contributed by atoms with Gasteiger partial charge in [0.25, 0.3) is 0 Å². The zero-order valence-corrected chi connectivity index (χ0v) is 10.3. The number of aromatic nitrogens is 1. The molecule has 0 fully saturated rings. The van der Waals surface area contributed by atoms with Crippen LogP contribution in [0.25, 0.3) is 0 Å². The second-order valence-corrected chi connectivity index (χ2v) is 3.76. The summed E-state index contributed by atoms with van der Waals surface area (Å²) in [6.07, 6.45) is 0. The van der Waals surface area contributed by atoms with Crippen molar-refractivity contribution in [3.8, 4) is 17.4 Å². The molecular formula is C13H15N3O2. The van der Waals surface area contributed by atoms with Crippen LogP contribution < -0.4 is 20.7 Å². The van der Waals surface area contributed by atoms with Gasteiger partial charge in [-0.05, 0) is 30.7 Å². The average Bonchev–Trinajstić information content (AvgIpc) is 2.41. The molecule has 0 saturated carbocycles. The quantitative estimate of drug-likeness (QED) is 0.639. The Morgan fingerprint density at radius 3 is 2.72 bits per heavy atom. The third-order valence-electron chi connectivity index (χ3n) is 2.41. The van der Waals surface area contributed by atoms with Gasteiger partial charge in [-0.1, -0.05) is 12.1 Å². The van der Waals surface area contributed by atoms with E-state index in [0.717, 1.165) is 5.56 Å². The van der Waals surface area contributed by atoms with E-state index in [-0.39, 0.29) is 0 Å². The van der Waals surface area contributed by atoms with Crippen LogP contribution in [0.15, 0.2) is 36.4 Å². The molecule has 3 N–H and O–H groups in total. The Balaban J connectivity index is 2.27. The lowest BCUT2D eigenvalue weighted by molar-refractivity contribution is 0.374. The molecule has 2 rings (SSSR count). The molecule has 0 atom stereocenters. The minimum atomic E-state index is 0.451. The summed E-state index contributed by atoms with van der Waals surface area (Å²) in [4.78, 5) is 4.17. The highest BCUT2D eigenvalue weighted by Gasteiger charge is 2.06. The molecule has 2 aromatic rings. The highest BCUT2D eigenvalue weighted by molar-refractivity contribution is 5.45. The molecule has 0 aliphatic carbocycles. The van der Waals surface area contributed by atoms with Gasteiger partial charge in [-0.25, -0.2) is 5.84 Å². The van der Waals surface area contributed by atoms with Gasteiger partial charge in [-0.2, -0.15) is 4.98 Å². The summed E-state index contributed by atoms with van der Waals surface area (Å²) in [6.45, 7) is 1.99. The van der Waals surface area contributed by atoms with Crippen LogP contribution in [-0.4, -0.2) is 12.1 Å². The molecule has 0 spiro atoms. The lowest BCUT2D eigenvalue weighted by atomic mass is 10.2. The van der Waals surface area contributed by atoms with Crippen LogP contribution in [0, 0.1) is 6.92 Å². The van der Waals surface area contributed by atoms with Gasteiger partial charge in [0, 0.05) is 6.07 Å². The van der Waals surface area contributed by atoms with Gasteiger partial charge >= 0.3 is 0 Å². The zero-order chi connectivity index (χ0) is 13.0. The van der Waals surface area contributed by atoms with E-state index in [1.165, 1.54) is 0 Å². The van der Waals surface area contributed by atoms with E-state index in [0.29, 0.717) is 23.2 Å². The molecule has 0 unspecified atom stereocenters. The molecule has 94 valence electrons. The fourth-order valence-electron chi connectivity index (χ4n) is 1.52. The van der Waals surface area contributed by atoms with E-state index >= 15 is 0 Å². The van der Waals surface area contributed by atoms with Crippen LogP contribution >= 0.6 is 0 Å². The summed E-state index contributed by atoms with van der Waals surface area (Å²) >= 11 is 0. The highest BCUT2D eigenvalue weighted by atomic mass is 16.5. The molecule has 0 radical (unpaired) electrons. The summed E-state index contributed by atoms with van der Waals surface area (Å²) < 4.78 is 10.9. The Labute approximate surface area is 106 Å². The molecule has 0 aliphatic rings. The Morgan fingerprint density at radius 2 is 2.00 bits per heavy atom. The predicted molar refractivity (Wildman–Crippen MR) is 69.9 cm³/mol. The number of benzene rings is 1. The van der Waals surface area contributed by atoms with Crippen LogP contribution in [0.4, 0.5) is 5.82 Å². The normalized spacial score (nSPS) is 9.94. The van der Waals surface area contributed by atoms with Crippen molar-refractivity contribution >= 4 is 5.82 Å². The maximum atomic E-state index is 5.67. The van der Waals surface area contributed by atoms with Crippen molar-refractivity contribution in [1.29, 1.82) is 0 Å². The summed E-state index contributed by atoms with van der Waals surface area (Å²) in [5.74, 6) is 7.57. The highest BCUT2D eigenvalue weighted by Crippen LogP contribution is 2.31.